The summed E-state index contributed by atoms with van der Waals surface area (Å²) in [7, 11) is -2.33. The number of hydrogen-bond donors (Lipinski definition) is 7. The molecule has 5 aromatic rings. The molecule has 15 radical (unpaired) electrons. The largest absolute Gasteiger partial charge is 0.477 e. The highest BCUT2D eigenvalue weighted by atomic mass is 79.9. The summed E-state index contributed by atoms with van der Waals surface area (Å²) in [4.78, 5) is 42.5. The number of carboxylic acid groups (broad SMARTS) is 1. The van der Waals surface area contributed by atoms with E-state index in [1.54, 1.807) is 13.8 Å². The summed E-state index contributed by atoms with van der Waals surface area (Å²) in [5.41, 5.74) is 22.7. The van der Waals surface area contributed by atoms with Gasteiger partial charge in [0.25, 0.3) is 0 Å². The van der Waals surface area contributed by atoms with Gasteiger partial charge in [-0.3, -0.25) is 19.7 Å². The minimum Gasteiger partial charge on any atom is -0.477 e. The summed E-state index contributed by atoms with van der Waals surface area (Å²) in [5, 5.41) is 57.2. The standard InChI is InChI=1S/C11H15N.C10H15NO.C10H13NO.C9H10BrNO2.C9H12BrNO.C2H6.2CH5BO2.5B/c1-6-11-9(4)7(2)8(3)10(5)12-11;2*1-6-7(2)9(4)11-10(5-12)8(6)3;1-4-5(2)8(9(12)13)11-6(3)7(4)10;1-5-6(2)9(10)7(3)11-8(5)4-12;1-2;2*1-2(3)4;;;;;/h6H,1H2,2-5H3;12H,5H2,1-4H3;5H,1-4H3;1-3H3,(H,12,13);12H,4H2,1-3H3;1-2H3;2*3-4H,1H3;;;;;. The minimum atomic E-state index is -1.17. The zero-order chi connectivity index (χ0) is 56.5. The highest BCUT2D eigenvalue weighted by Gasteiger charge is 2.15. The van der Waals surface area contributed by atoms with Gasteiger partial charge in [0, 0.05) is 68.1 Å². The van der Waals surface area contributed by atoms with Crippen LogP contribution in [0.1, 0.15) is 153 Å². The molecule has 0 aliphatic heterocycles. The Morgan fingerprint density at radius 2 is 0.711 bits per heavy atom. The predicted octanol–water partition coefficient (Wildman–Crippen LogP) is 8.92. The van der Waals surface area contributed by atoms with Gasteiger partial charge in [-0.05, 0) is 249 Å². The Balaban J connectivity index is -0.000000119. The van der Waals surface area contributed by atoms with Gasteiger partial charge in [-0.25, -0.2) is 14.8 Å². The molecule has 0 aromatic carbocycles. The number of halogens is 2. The van der Waals surface area contributed by atoms with Gasteiger partial charge in [0.1, 0.15) is 5.69 Å². The Labute approximate surface area is 483 Å². The van der Waals surface area contributed by atoms with E-state index in [0.29, 0.717) is 17.0 Å². The van der Waals surface area contributed by atoms with Gasteiger partial charge in [0.15, 0.2) is 12.0 Å². The molecule has 5 rings (SSSR count). The Hall–Kier alpha value is -4.20. The quantitative estimate of drug-likeness (QED) is 0.0643. The van der Waals surface area contributed by atoms with Gasteiger partial charge in [-0.15, -0.1) is 0 Å². The highest BCUT2D eigenvalue weighted by molar-refractivity contribution is 9.10. The third-order valence-electron chi connectivity index (χ3n) is 11.7. The van der Waals surface area contributed by atoms with E-state index >= 15 is 0 Å². The Bertz CT molecular complexity index is 2430. The summed E-state index contributed by atoms with van der Waals surface area (Å²) < 4.78 is 1.92. The molecule has 0 saturated heterocycles. The molecule has 0 saturated carbocycles. The van der Waals surface area contributed by atoms with Crippen LogP contribution in [0.2, 0.25) is 13.6 Å². The number of carbonyl (C=O) groups excluding carboxylic acids is 1. The fourth-order valence-electron chi connectivity index (χ4n) is 6.06. The van der Waals surface area contributed by atoms with Crippen molar-refractivity contribution in [3.8, 4) is 0 Å². The summed E-state index contributed by atoms with van der Waals surface area (Å²) in [6.07, 6.45) is 2.63. The fourth-order valence-corrected chi connectivity index (χ4v) is 6.83. The lowest BCUT2D eigenvalue weighted by atomic mass is 9.99. The molecule has 7 N–H and O–H groups in total. The number of aldehydes is 1. The number of aromatic carboxylic acids is 1. The first-order chi connectivity index (χ1) is 32.7. The van der Waals surface area contributed by atoms with Crippen molar-refractivity contribution in [1.29, 1.82) is 0 Å². The second kappa shape index (κ2) is 43.7. The summed E-state index contributed by atoms with van der Waals surface area (Å²) in [5.74, 6) is -0.976. The van der Waals surface area contributed by atoms with Gasteiger partial charge in [0.2, 0.25) is 0 Å². The summed E-state index contributed by atoms with van der Waals surface area (Å²) in [6, 6.07) is 0. The molecule has 407 valence electrons. The average Bonchev–Trinajstić information content (AvgIpc) is 3.32. The van der Waals surface area contributed by atoms with Crippen molar-refractivity contribution in [3.05, 3.63) is 145 Å². The first kappa shape index (κ1) is 88.4. The van der Waals surface area contributed by atoms with Crippen LogP contribution in [-0.4, -0.2) is 129 Å². The van der Waals surface area contributed by atoms with E-state index in [9.17, 15) is 9.59 Å². The number of aryl methyl sites for hydroxylation is 5. The minimum absolute atomic E-state index is 0. The molecule has 0 aliphatic rings. The maximum absolute atomic E-state index is 10.8. The topological polar surface area (TPSA) is 240 Å². The van der Waals surface area contributed by atoms with E-state index in [1.807, 2.05) is 96.1 Å². The maximum Gasteiger partial charge on any atom is 0.448 e. The van der Waals surface area contributed by atoms with Crippen LogP contribution < -0.4 is 0 Å². The van der Waals surface area contributed by atoms with Crippen LogP contribution in [0.15, 0.2) is 15.5 Å². The summed E-state index contributed by atoms with van der Waals surface area (Å²) in [6.45, 7) is 46.1. The monoisotopic (exact) mass is 1170 g/mol. The second-order valence-electron chi connectivity index (χ2n) is 16.5. The number of nitrogens with zero attached hydrogens (tertiary/aromatic N) is 5. The van der Waals surface area contributed by atoms with Gasteiger partial charge in [-0.1, -0.05) is 20.4 Å². The van der Waals surface area contributed by atoms with Crippen LogP contribution >= 0.6 is 31.9 Å². The molecular formula is C53H81B7Br2N5O9. The second-order valence-corrected chi connectivity index (χ2v) is 18.0. The lowest BCUT2D eigenvalue weighted by Crippen LogP contribution is -2.07. The molecule has 0 amide bonds. The first-order valence-corrected chi connectivity index (χ1v) is 24.6. The van der Waals surface area contributed by atoms with E-state index in [1.165, 1.54) is 52.6 Å². The fraction of sp³-hybridized carbons (Fsp3) is 0.453. The summed E-state index contributed by atoms with van der Waals surface area (Å²) >= 11 is 6.81. The Kier molecular flexibility index (Phi) is 50.9. The number of carbonyl (C=O) groups is 2. The van der Waals surface area contributed by atoms with Crippen molar-refractivity contribution in [2.75, 3.05) is 0 Å². The smallest absolute Gasteiger partial charge is 0.448 e. The van der Waals surface area contributed by atoms with Crippen LogP contribution in [0, 0.1) is 125 Å². The zero-order valence-electron chi connectivity index (χ0n) is 49.3. The lowest BCUT2D eigenvalue weighted by Gasteiger charge is -2.10. The number of aliphatic hydroxyl groups excluding tert-OH is 2. The van der Waals surface area contributed by atoms with E-state index in [4.69, 9.17) is 35.4 Å². The molecular weight excluding hydrogens is 1090 g/mol. The molecule has 14 nitrogen and oxygen atoms in total. The average molecular weight is 1170 g/mol. The molecule has 5 heterocycles. The lowest BCUT2D eigenvalue weighted by molar-refractivity contribution is 0.0688. The normalized spacial score (nSPS) is 8.97. The van der Waals surface area contributed by atoms with Gasteiger partial charge < -0.3 is 35.4 Å². The molecule has 0 unspecified atom stereocenters. The van der Waals surface area contributed by atoms with E-state index in [-0.39, 0.29) is 61.0 Å². The molecule has 0 fully saturated rings. The number of hydrogen-bond acceptors (Lipinski definition) is 13. The maximum atomic E-state index is 10.8. The van der Waals surface area contributed by atoms with Crippen LogP contribution in [0.25, 0.3) is 6.08 Å². The van der Waals surface area contributed by atoms with E-state index in [2.05, 4.69) is 98.0 Å². The van der Waals surface area contributed by atoms with Crippen LogP contribution in [0.3, 0.4) is 0 Å². The Morgan fingerprint density at radius 1 is 0.447 bits per heavy atom. The first-order valence-electron chi connectivity index (χ1n) is 23.0. The molecule has 76 heavy (non-hydrogen) atoms. The number of aromatic nitrogens is 5. The van der Waals surface area contributed by atoms with Gasteiger partial charge in [-0.2, -0.15) is 0 Å². The van der Waals surface area contributed by atoms with Crippen molar-refractivity contribution in [1.82, 2.24) is 24.9 Å². The van der Waals surface area contributed by atoms with Crippen molar-refractivity contribution < 1.29 is 45.0 Å². The van der Waals surface area contributed by atoms with Crippen LogP contribution in [0.5, 0.6) is 0 Å². The SMILES string of the molecule is C=Cc1nc(C)c(C)c(C)c1C.CB(O)O.CB(O)O.CC.Cc1nc(C(=O)O)c(C)c(C)c1Br.Cc1nc(C=O)c(C)c(C)c1C.Cc1nc(CO)c(C)c(C)c1Br.Cc1nc(CO)c(C)c(C)c1C.[B].[B].[B].[B].[B]. The number of carboxylic acids is 1. The molecule has 5 aromatic heterocycles. The van der Waals surface area contributed by atoms with Crippen molar-refractivity contribution in [2.45, 2.75) is 165 Å². The van der Waals surface area contributed by atoms with Gasteiger partial charge in [0.05, 0.1) is 41.7 Å². The number of aliphatic hydroxyl groups is 2. The van der Waals surface area contributed by atoms with Crippen molar-refractivity contribution in [3.63, 3.8) is 0 Å². The Morgan fingerprint density at radius 3 is 1.03 bits per heavy atom. The third kappa shape index (κ3) is 28.4. The molecule has 0 aliphatic carbocycles. The number of pyridine rings is 5. The van der Waals surface area contributed by atoms with Gasteiger partial charge >= 0.3 is 20.2 Å². The highest BCUT2D eigenvalue weighted by Crippen LogP contribution is 2.25. The van der Waals surface area contributed by atoms with E-state index < -0.39 is 20.2 Å². The third-order valence-corrected chi connectivity index (χ3v) is 14.0. The van der Waals surface area contributed by atoms with Crippen molar-refractivity contribution >= 4 is 106 Å². The van der Waals surface area contributed by atoms with Crippen LogP contribution in [0.4, 0.5) is 0 Å². The molecule has 0 atom stereocenters. The molecule has 0 bridgehead atoms. The van der Waals surface area contributed by atoms with Crippen molar-refractivity contribution in [2.24, 2.45) is 0 Å². The predicted molar refractivity (Wildman–Crippen MR) is 328 cm³/mol. The zero-order valence-corrected chi connectivity index (χ0v) is 52.4. The van der Waals surface area contributed by atoms with Crippen LogP contribution in [-0.2, 0) is 13.2 Å². The number of rotatable bonds is 5. The molecule has 23 heteroatoms. The van der Waals surface area contributed by atoms with E-state index in [0.717, 1.165) is 82.9 Å². The molecule has 0 spiro atoms.